The van der Waals surface area contributed by atoms with Crippen molar-refractivity contribution >= 4 is 22.7 Å². The van der Waals surface area contributed by atoms with Crippen molar-refractivity contribution in [3.8, 4) is 12.1 Å². The summed E-state index contributed by atoms with van der Waals surface area (Å²) in [5.74, 6) is 0. The van der Waals surface area contributed by atoms with Crippen LogP contribution in [0.3, 0.4) is 0 Å². The van der Waals surface area contributed by atoms with Gasteiger partial charge in [-0.2, -0.15) is 10.5 Å². The lowest BCUT2D eigenvalue weighted by Crippen LogP contribution is -2.41. The van der Waals surface area contributed by atoms with E-state index in [9.17, 15) is 40.5 Å². The molecular formula is C16H10N8O8. The molecule has 0 aliphatic carbocycles. The van der Waals surface area contributed by atoms with E-state index in [0.717, 1.165) is 36.4 Å². The zero-order valence-corrected chi connectivity index (χ0v) is 15.7. The molecule has 16 heteroatoms. The van der Waals surface area contributed by atoms with Crippen molar-refractivity contribution in [1.29, 1.82) is 10.5 Å². The second-order valence-electron chi connectivity index (χ2n) is 5.87. The summed E-state index contributed by atoms with van der Waals surface area (Å²) in [7, 11) is 0. The van der Waals surface area contributed by atoms with E-state index in [-0.39, 0.29) is 21.1 Å². The predicted octanol–water partition coefficient (Wildman–Crippen LogP) is 1.94. The topological polar surface area (TPSA) is 227 Å². The van der Waals surface area contributed by atoms with Crippen LogP contribution in [0.4, 0.5) is 22.7 Å². The maximum Gasteiger partial charge on any atom is 0.299 e. The molecule has 0 aliphatic rings. The molecule has 2 aromatic rings. The van der Waals surface area contributed by atoms with Gasteiger partial charge < -0.3 is 0 Å². The lowest BCUT2D eigenvalue weighted by Gasteiger charge is -2.18. The first-order chi connectivity index (χ1) is 15.1. The van der Waals surface area contributed by atoms with Crippen LogP contribution in [0.15, 0.2) is 36.4 Å². The molecule has 0 amide bonds. The van der Waals surface area contributed by atoms with Crippen LogP contribution >= 0.6 is 0 Å². The van der Waals surface area contributed by atoms with E-state index < -0.39 is 55.8 Å². The number of hydrogen-bond donors (Lipinski definition) is 0. The zero-order valence-electron chi connectivity index (χ0n) is 15.7. The molecule has 0 aliphatic heterocycles. The largest absolute Gasteiger partial charge is 0.299 e. The Morgan fingerprint density at radius 3 is 1.28 bits per heavy atom. The van der Waals surface area contributed by atoms with Crippen LogP contribution in [0.5, 0.6) is 0 Å². The molecule has 0 N–H and O–H groups in total. The number of rotatable bonds is 9. The monoisotopic (exact) mass is 442 g/mol. The van der Waals surface area contributed by atoms with Gasteiger partial charge >= 0.3 is 0 Å². The van der Waals surface area contributed by atoms with E-state index >= 15 is 0 Å². The summed E-state index contributed by atoms with van der Waals surface area (Å²) in [6, 6.07) is 9.00. The summed E-state index contributed by atoms with van der Waals surface area (Å²) in [6.45, 7) is -1.59. The summed E-state index contributed by atoms with van der Waals surface area (Å²) < 4.78 is 0. The molecule has 0 aromatic heterocycles. The first-order valence-electron chi connectivity index (χ1n) is 8.31. The van der Waals surface area contributed by atoms with Gasteiger partial charge in [-0.25, -0.2) is 20.2 Å². The van der Waals surface area contributed by atoms with Crippen LogP contribution in [0, 0.1) is 63.1 Å². The van der Waals surface area contributed by atoms with Gasteiger partial charge in [0.15, 0.2) is 21.4 Å². The van der Waals surface area contributed by atoms with E-state index in [4.69, 9.17) is 10.5 Å². The number of nitriles is 2. The summed E-state index contributed by atoms with van der Waals surface area (Å²) in [5.41, 5.74) is -2.92. The maximum atomic E-state index is 11.5. The highest BCUT2D eigenvalue weighted by atomic mass is 16.7. The Morgan fingerprint density at radius 1 is 0.688 bits per heavy atom. The Labute approximate surface area is 177 Å². The molecule has 0 heterocycles. The van der Waals surface area contributed by atoms with Crippen molar-refractivity contribution in [3.05, 3.63) is 88.0 Å². The minimum Gasteiger partial charge on any atom is -0.258 e. The van der Waals surface area contributed by atoms with Gasteiger partial charge in [-0.3, -0.25) is 20.2 Å². The molecule has 0 saturated heterocycles. The summed E-state index contributed by atoms with van der Waals surface area (Å²) in [5, 5.41) is 61.8. The first kappa shape index (κ1) is 22.9. The summed E-state index contributed by atoms with van der Waals surface area (Å²) in [6.07, 6.45) is 0. The van der Waals surface area contributed by atoms with Gasteiger partial charge in [-0.05, 0) is 24.3 Å². The SMILES string of the molecule is N#Cc1ccc(N(CCN(c2ccc(C#N)cc2[N+](=O)[O-])[N+](=O)[O-])[N+](=O)[O-])c([N+](=O)[O-])c1. The van der Waals surface area contributed by atoms with Crippen molar-refractivity contribution in [2.24, 2.45) is 0 Å². The van der Waals surface area contributed by atoms with Gasteiger partial charge in [0, 0.05) is 12.1 Å². The molecule has 0 fully saturated rings. The first-order valence-corrected chi connectivity index (χ1v) is 8.31. The molecule has 162 valence electrons. The highest BCUT2D eigenvalue weighted by Gasteiger charge is 2.32. The lowest BCUT2D eigenvalue weighted by atomic mass is 10.1. The fourth-order valence-corrected chi connectivity index (χ4v) is 2.68. The molecule has 2 aromatic carbocycles. The molecule has 0 saturated carbocycles. The Hall–Kier alpha value is -5.38. The Balaban J connectivity index is 2.46. The van der Waals surface area contributed by atoms with E-state index in [1.54, 1.807) is 12.1 Å². The van der Waals surface area contributed by atoms with E-state index in [0.29, 0.717) is 0 Å². The van der Waals surface area contributed by atoms with Crippen molar-refractivity contribution < 1.29 is 19.9 Å². The average molecular weight is 442 g/mol. The number of hydrogen-bond acceptors (Lipinski definition) is 10. The highest BCUT2D eigenvalue weighted by Crippen LogP contribution is 2.31. The van der Waals surface area contributed by atoms with Crippen molar-refractivity contribution in [1.82, 2.24) is 0 Å². The van der Waals surface area contributed by atoms with Crippen LogP contribution in [0.1, 0.15) is 11.1 Å². The minimum atomic E-state index is -1.04. The third-order valence-corrected chi connectivity index (χ3v) is 4.08. The number of nitro groups is 4. The van der Waals surface area contributed by atoms with Gasteiger partial charge in [0.25, 0.3) is 11.4 Å². The molecule has 0 spiro atoms. The van der Waals surface area contributed by atoms with Crippen LogP contribution in [0.25, 0.3) is 0 Å². The normalized spacial score (nSPS) is 9.81. The molecule has 0 bridgehead atoms. The van der Waals surface area contributed by atoms with E-state index in [2.05, 4.69) is 0 Å². The molecule has 16 nitrogen and oxygen atoms in total. The second kappa shape index (κ2) is 9.41. The summed E-state index contributed by atoms with van der Waals surface area (Å²) in [4.78, 5) is 43.7. The smallest absolute Gasteiger partial charge is 0.258 e. The van der Waals surface area contributed by atoms with Crippen LogP contribution in [-0.2, 0) is 0 Å². The Kier molecular flexibility index (Phi) is 6.74. The van der Waals surface area contributed by atoms with Crippen molar-refractivity contribution in [2.75, 3.05) is 23.1 Å². The third-order valence-electron chi connectivity index (χ3n) is 4.08. The number of anilines is 2. The second-order valence-corrected chi connectivity index (χ2v) is 5.87. The maximum absolute atomic E-state index is 11.5. The molecule has 2 rings (SSSR count). The van der Waals surface area contributed by atoms with Gasteiger partial charge in [0.05, 0.1) is 33.1 Å². The third kappa shape index (κ3) is 4.78. The predicted molar refractivity (Wildman–Crippen MR) is 104 cm³/mol. The van der Waals surface area contributed by atoms with Crippen molar-refractivity contribution in [2.45, 2.75) is 0 Å². The van der Waals surface area contributed by atoms with E-state index in [1.165, 1.54) is 0 Å². The van der Waals surface area contributed by atoms with Crippen LogP contribution < -0.4 is 10.0 Å². The van der Waals surface area contributed by atoms with E-state index in [1.807, 2.05) is 0 Å². The van der Waals surface area contributed by atoms with Gasteiger partial charge in [-0.15, -0.1) is 0 Å². The number of nitrogens with zero attached hydrogens (tertiary/aromatic N) is 8. The minimum absolute atomic E-state index is 0.135. The number of nitro benzene ring substituents is 2. The molecule has 32 heavy (non-hydrogen) atoms. The fraction of sp³-hybridized carbons (Fsp3) is 0.125. The van der Waals surface area contributed by atoms with Gasteiger partial charge in [0.1, 0.15) is 13.1 Å². The van der Waals surface area contributed by atoms with Gasteiger partial charge in [-0.1, -0.05) is 10.0 Å². The molecule has 0 atom stereocenters. The zero-order chi connectivity index (χ0) is 24.0. The summed E-state index contributed by atoms with van der Waals surface area (Å²) >= 11 is 0. The molecule has 0 unspecified atom stereocenters. The standard InChI is InChI=1S/C16H10N8O8/c17-9-11-1-3-13(15(7-11)21(25)26)19(23(29)30)5-6-20(24(31)32)14-4-2-12(10-18)8-16(14)22(27)28/h1-4,7-8H,5-6H2. The van der Waals surface area contributed by atoms with Crippen molar-refractivity contribution in [3.63, 3.8) is 0 Å². The van der Waals surface area contributed by atoms with Crippen LogP contribution in [0.2, 0.25) is 0 Å². The molecular weight excluding hydrogens is 432 g/mol. The number of benzene rings is 2. The highest BCUT2D eigenvalue weighted by molar-refractivity contribution is 5.66. The quantitative estimate of drug-likeness (QED) is 0.401. The number of hydrazine groups is 2. The fourth-order valence-electron chi connectivity index (χ4n) is 2.68. The average Bonchev–Trinajstić information content (AvgIpc) is 2.75. The van der Waals surface area contributed by atoms with Crippen LogP contribution in [-0.4, -0.2) is 33.0 Å². The Bertz CT molecular complexity index is 1110. The lowest BCUT2D eigenvalue weighted by molar-refractivity contribution is -0.506. The van der Waals surface area contributed by atoms with Gasteiger partial charge in [0.2, 0.25) is 0 Å². The molecule has 0 radical (unpaired) electrons. The Morgan fingerprint density at radius 2 is 1.03 bits per heavy atom.